The molecule has 4 unspecified atom stereocenters. The number of para-hydroxylation sites is 1. The number of fused-ring (bicyclic) bond motifs is 1. The van der Waals surface area contributed by atoms with Crippen molar-refractivity contribution in [3.63, 3.8) is 0 Å². The number of benzene rings is 2. The Balaban J connectivity index is 1.50. The summed E-state index contributed by atoms with van der Waals surface area (Å²) in [5.74, 6) is -4.98. The van der Waals surface area contributed by atoms with Gasteiger partial charge < -0.3 is 47.0 Å². The first-order valence-electron chi connectivity index (χ1n) is 14.4. The van der Waals surface area contributed by atoms with Gasteiger partial charge in [-0.3, -0.25) is 19.2 Å². The number of imidazole rings is 1. The van der Waals surface area contributed by atoms with E-state index in [2.05, 4.69) is 30.9 Å². The summed E-state index contributed by atoms with van der Waals surface area (Å²) in [6.07, 6.45) is 3.62. The molecule has 4 atom stereocenters. The quantitative estimate of drug-likeness (QED) is 0.0818. The number of phenols is 1. The number of carbonyl (C=O) groups excluding carboxylic acids is 3. The van der Waals surface area contributed by atoms with Crippen LogP contribution in [0.4, 0.5) is 0 Å². The van der Waals surface area contributed by atoms with Crippen molar-refractivity contribution in [3.05, 3.63) is 84.1 Å². The van der Waals surface area contributed by atoms with Crippen molar-refractivity contribution in [2.45, 2.75) is 56.3 Å². The second-order valence-electron chi connectivity index (χ2n) is 10.8. The lowest BCUT2D eigenvalue weighted by Gasteiger charge is -2.25. The number of phenolic OH excluding ortho intramolecular Hbond substituents is 1. The molecule has 0 bridgehead atoms. The van der Waals surface area contributed by atoms with Crippen LogP contribution in [-0.2, 0) is 43.2 Å². The summed E-state index contributed by atoms with van der Waals surface area (Å²) in [5, 5.41) is 37.0. The Hall–Kier alpha value is -5.70. The molecule has 2 heterocycles. The van der Waals surface area contributed by atoms with E-state index in [0.717, 1.165) is 16.5 Å². The lowest BCUT2D eigenvalue weighted by molar-refractivity contribution is -0.142. The summed E-state index contributed by atoms with van der Waals surface area (Å²) in [5.41, 5.74) is 8.79. The molecule has 4 aromatic rings. The number of hydrogen-bond donors (Lipinski definition) is 9. The van der Waals surface area contributed by atoms with Crippen LogP contribution in [0.2, 0.25) is 0 Å². The second kappa shape index (κ2) is 15.3. The predicted octanol–water partition coefficient (Wildman–Crippen LogP) is 0.356. The van der Waals surface area contributed by atoms with Crippen molar-refractivity contribution in [1.29, 1.82) is 0 Å². The maximum atomic E-state index is 13.5. The highest BCUT2D eigenvalue weighted by molar-refractivity contribution is 5.94. The Morgan fingerprint density at radius 2 is 1.48 bits per heavy atom. The van der Waals surface area contributed by atoms with E-state index in [1.807, 2.05) is 24.3 Å². The van der Waals surface area contributed by atoms with Gasteiger partial charge in [-0.15, -0.1) is 0 Å². The number of nitrogens with one attached hydrogen (secondary N) is 5. The van der Waals surface area contributed by atoms with Crippen LogP contribution in [0.15, 0.2) is 67.3 Å². The molecule has 4 rings (SSSR count). The van der Waals surface area contributed by atoms with Crippen LogP contribution < -0.4 is 21.7 Å². The highest BCUT2D eigenvalue weighted by Gasteiger charge is 2.31. The van der Waals surface area contributed by atoms with E-state index in [-0.39, 0.29) is 31.4 Å². The molecular formula is C31H35N7O8. The lowest BCUT2D eigenvalue weighted by Crippen LogP contribution is -2.58. The number of amides is 3. The van der Waals surface area contributed by atoms with Gasteiger partial charge >= 0.3 is 11.9 Å². The first-order chi connectivity index (χ1) is 22.0. The third-order valence-electron chi connectivity index (χ3n) is 7.33. The smallest absolute Gasteiger partial charge is 0.326 e. The van der Waals surface area contributed by atoms with Gasteiger partial charge in [0.15, 0.2) is 0 Å². The molecule has 0 radical (unpaired) electrons. The Labute approximate surface area is 262 Å². The second-order valence-corrected chi connectivity index (χ2v) is 10.8. The van der Waals surface area contributed by atoms with Gasteiger partial charge in [-0.05, 0) is 42.2 Å². The van der Waals surface area contributed by atoms with Gasteiger partial charge in [0.05, 0.1) is 12.4 Å². The van der Waals surface area contributed by atoms with Crippen LogP contribution in [0, 0.1) is 0 Å². The maximum Gasteiger partial charge on any atom is 0.326 e. The van der Waals surface area contributed by atoms with Gasteiger partial charge in [-0.25, -0.2) is 9.78 Å². The molecular weight excluding hydrogens is 598 g/mol. The van der Waals surface area contributed by atoms with Gasteiger partial charge in [0.25, 0.3) is 0 Å². The third-order valence-corrected chi connectivity index (χ3v) is 7.33. The summed E-state index contributed by atoms with van der Waals surface area (Å²) in [6.45, 7) is 0. The molecule has 0 spiro atoms. The minimum absolute atomic E-state index is 0.0280. The molecule has 0 aliphatic carbocycles. The Morgan fingerprint density at radius 3 is 2.15 bits per heavy atom. The van der Waals surface area contributed by atoms with Crippen LogP contribution >= 0.6 is 0 Å². The van der Waals surface area contributed by atoms with Gasteiger partial charge in [0.2, 0.25) is 17.7 Å². The number of nitrogens with two attached hydrogens (primary N) is 1. The van der Waals surface area contributed by atoms with Crippen molar-refractivity contribution >= 4 is 40.6 Å². The minimum Gasteiger partial charge on any atom is -0.508 e. The minimum atomic E-state index is -1.38. The van der Waals surface area contributed by atoms with Crippen molar-refractivity contribution in [3.8, 4) is 5.75 Å². The van der Waals surface area contributed by atoms with Crippen LogP contribution in [0.5, 0.6) is 5.75 Å². The molecule has 0 fully saturated rings. The standard InChI is InChI=1S/C31H35N7O8/c32-22(12-18-14-34-23-4-2-1-3-21(18)23)28(42)36-24(9-10-27(40)41)29(43)37-25(11-17-5-7-20(39)8-6-17)30(44)38-26(31(45)46)13-19-15-33-16-35-19/h1-8,14-16,22,24-26,34,39H,9-13,32H2,(H,33,35)(H,36,42)(H,37,43)(H,38,44)(H,40,41)(H,45,46). The molecule has 10 N–H and O–H groups in total. The van der Waals surface area contributed by atoms with Crippen molar-refractivity contribution < 1.29 is 39.3 Å². The first-order valence-corrected chi connectivity index (χ1v) is 14.4. The molecule has 0 saturated heterocycles. The topological polar surface area (TPSA) is 253 Å². The van der Waals surface area contributed by atoms with Crippen molar-refractivity contribution in [2.24, 2.45) is 5.73 Å². The zero-order valence-corrected chi connectivity index (χ0v) is 24.6. The zero-order chi connectivity index (χ0) is 33.2. The normalized spacial score (nSPS) is 13.7. The number of aromatic amines is 2. The van der Waals surface area contributed by atoms with E-state index in [1.165, 1.54) is 36.8 Å². The number of aliphatic carboxylic acids is 2. The van der Waals surface area contributed by atoms with E-state index in [0.29, 0.717) is 11.3 Å². The van der Waals surface area contributed by atoms with Gasteiger partial charge in [0, 0.05) is 48.3 Å². The van der Waals surface area contributed by atoms with E-state index in [1.54, 1.807) is 6.20 Å². The number of carboxylic acid groups (broad SMARTS) is 2. The SMILES string of the molecule is NC(Cc1c[nH]c2ccccc12)C(=O)NC(CCC(=O)O)C(=O)NC(Cc1ccc(O)cc1)C(=O)NC(Cc1cnc[nH]1)C(=O)O. The number of carboxylic acids is 2. The summed E-state index contributed by atoms with van der Waals surface area (Å²) in [6, 6.07) is 8.07. The number of nitrogens with zero attached hydrogens (tertiary/aromatic N) is 1. The lowest BCUT2D eigenvalue weighted by atomic mass is 10.0. The van der Waals surface area contributed by atoms with Crippen LogP contribution in [0.3, 0.4) is 0 Å². The molecule has 15 nitrogen and oxygen atoms in total. The molecule has 3 amide bonds. The average Bonchev–Trinajstić information content (AvgIpc) is 3.69. The zero-order valence-electron chi connectivity index (χ0n) is 24.6. The number of rotatable bonds is 16. The highest BCUT2D eigenvalue weighted by Crippen LogP contribution is 2.19. The Kier molecular flexibility index (Phi) is 11.1. The predicted molar refractivity (Wildman–Crippen MR) is 164 cm³/mol. The summed E-state index contributed by atoms with van der Waals surface area (Å²) < 4.78 is 0. The average molecular weight is 634 g/mol. The fourth-order valence-electron chi connectivity index (χ4n) is 4.88. The molecule has 2 aromatic heterocycles. The molecule has 0 aliphatic heterocycles. The van der Waals surface area contributed by atoms with E-state index < -0.39 is 60.2 Å². The molecule has 15 heteroatoms. The van der Waals surface area contributed by atoms with Crippen molar-refractivity contribution in [2.75, 3.05) is 0 Å². The van der Waals surface area contributed by atoms with Crippen LogP contribution in [-0.4, -0.2) is 84.1 Å². The third kappa shape index (κ3) is 9.15. The fraction of sp³-hybridized carbons (Fsp3) is 0.290. The Bertz CT molecular complexity index is 1670. The number of aromatic nitrogens is 3. The van der Waals surface area contributed by atoms with E-state index in [4.69, 9.17) is 5.73 Å². The molecule has 0 aliphatic rings. The van der Waals surface area contributed by atoms with Gasteiger partial charge in [-0.2, -0.15) is 0 Å². The first kappa shape index (κ1) is 33.2. The molecule has 242 valence electrons. The Morgan fingerprint density at radius 1 is 0.804 bits per heavy atom. The summed E-state index contributed by atoms with van der Waals surface area (Å²) >= 11 is 0. The summed E-state index contributed by atoms with van der Waals surface area (Å²) in [4.78, 5) is 73.1. The van der Waals surface area contributed by atoms with Crippen LogP contribution in [0.1, 0.15) is 29.7 Å². The number of hydrogen-bond acceptors (Lipinski definition) is 8. The van der Waals surface area contributed by atoms with Crippen LogP contribution in [0.25, 0.3) is 10.9 Å². The maximum absolute atomic E-state index is 13.5. The highest BCUT2D eigenvalue weighted by atomic mass is 16.4. The van der Waals surface area contributed by atoms with Gasteiger partial charge in [0.1, 0.15) is 23.9 Å². The summed E-state index contributed by atoms with van der Waals surface area (Å²) in [7, 11) is 0. The molecule has 0 saturated carbocycles. The molecule has 2 aromatic carbocycles. The number of aromatic hydroxyl groups is 1. The number of carbonyl (C=O) groups is 5. The van der Waals surface area contributed by atoms with Gasteiger partial charge in [-0.1, -0.05) is 30.3 Å². The largest absolute Gasteiger partial charge is 0.508 e. The van der Waals surface area contributed by atoms with Crippen molar-refractivity contribution in [1.82, 2.24) is 30.9 Å². The van der Waals surface area contributed by atoms with E-state index >= 15 is 0 Å². The molecule has 46 heavy (non-hydrogen) atoms. The fourth-order valence-corrected chi connectivity index (χ4v) is 4.88. The number of H-pyrrole nitrogens is 2. The monoisotopic (exact) mass is 633 g/mol. The van der Waals surface area contributed by atoms with E-state index in [9.17, 15) is 39.3 Å².